The Morgan fingerprint density at radius 2 is 1.94 bits per heavy atom. The largest absolute Gasteiger partial charge is 0.374 e. The number of benzene rings is 1. The zero-order valence-corrected chi connectivity index (χ0v) is 20.2. The van der Waals surface area contributed by atoms with Crippen molar-refractivity contribution < 1.29 is 14.4 Å². The summed E-state index contributed by atoms with van der Waals surface area (Å²) < 4.78 is 6.23. The van der Waals surface area contributed by atoms with Gasteiger partial charge in [-0.05, 0) is 67.4 Å². The van der Waals surface area contributed by atoms with Crippen molar-refractivity contribution in [1.82, 2.24) is 5.48 Å². The van der Waals surface area contributed by atoms with Crippen LogP contribution in [0.2, 0.25) is 0 Å². The van der Waals surface area contributed by atoms with Crippen LogP contribution in [0.1, 0.15) is 64.9 Å². The smallest absolute Gasteiger partial charge is 0.249 e. The second-order valence-electron chi connectivity index (χ2n) is 9.53. The van der Waals surface area contributed by atoms with E-state index >= 15 is 0 Å². The summed E-state index contributed by atoms with van der Waals surface area (Å²) in [6.45, 7) is 6.59. The molecule has 4 atom stereocenters. The fourth-order valence-corrected chi connectivity index (χ4v) is 5.81. The molecule has 1 N–H and O–H groups in total. The number of rotatable bonds is 13. The van der Waals surface area contributed by atoms with Crippen LogP contribution in [0.3, 0.4) is 0 Å². The average Bonchev–Trinajstić information content (AvgIpc) is 3.36. The van der Waals surface area contributed by atoms with Gasteiger partial charge in [-0.15, -0.1) is 0 Å². The van der Waals surface area contributed by atoms with E-state index in [4.69, 9.17) is 9.57 Å². The maximum Gasteiger partial charge on any atom is 0.249 e. The first-order valence-electron chi connectivity index (χ1n) is 11.9. The van der Waals surface area contributed by atoms with Gasteiger partial charge in [-0.1, -0.05) is 63.3 Å². The van der Waals surface area contributed by atoms with Crippen LogP contribution >= 0.6 is 11.8 Å². The number of allylic oxidation sites excluding steroid dienone is 2. The fraction of sp³-hybridized carbons (Fsp3) is 0.654. The standard InChI is InChI=1S/C26H39NO3S/c1-4-17-31-19-22-21(23-14-15-24(22)30-23)13-9-6-10-16-26(2,3)25(28)27-29-18-20-11-7-5-8-12-20/h5-9,11-12,21-24H,4,10,13-19H2,1-3H3,(H,27,28)/b9-6-/t21-,22+,23-,24+/m1/s1. The summed E-state index contributed by atoms with van der Waals surface area (Å²) in [6.07, 6.45) is 12.1. The van der Waals surface area contributed by atoms with Gasteiger partial charge in [0.2, 0.25) is 5.91 Å². The number of hydrogen-bond acceptors (Lipinski definition) is 4. The number of hydrogen-bond donors (Lipinski definition) is 1. The third kappa shape index (κ3) is 7.10. The third-order valence-corrected chi connectivity index (χ3v) is 7.94. The number of fused-ring (bicyclic) bond motifs is 2. The Bertz CT molecular complexity index is 706. The zero-order valence-electron chi connectivity index (χ0n) is 19.3. The molecule has 172 valence electrons. The number of ether oxygens (including phenoxy) is 1. The van der Waals surface area contributed by atoms with Crippen LogP contribution in [0, 0.1) is 17.3 Å². The van der Waals surface area contributed by atoms with Crippen molar-refractivity contribution in [2.24, 2.45) is 17.3 Å². The van der Waals surface area contributed by atoms with Crippen molar-refractivity contribution in [3.8, 4) is 0 Å². The van der Waals surface area contributed by atoms with Gasteiger partial charge in [-0.25, -0.2) is 5.48 Å². The Kier molecular flexibility index (Phi) is 9.48. The SMILES string of the molecule is CCCSC[C@H]1[C@@H](C/C=C\CCC(C)(C)C(=O)NOCc2ccccc2)[C@H]2CC[C@@H]1O2. The van der Waals surface area contributed by atoms with Crippen molar-refractivity contribution in [3.05, 3.63) is 48.0 Å². The van der Waals surface area contributed by atoms with Crippen LogP contribution in [0.5, 0.6) is 0 Å². The molecule has 5 heteroatoms. The van der Waals surface area contributed by atoms with Crippen molar-refractivity contribution in [2.75, 3.05) is 11.5 Å². The van der Waals surface area contributed by atoms with Gasteiger partial charge in [-0.3, -0.25) is 9.63 Å². The number of thioether (sulfide) groups is 1. The van der Waals surface area contributed by atoms with Gasteiger partial charge in [0, 0.05) is 5.41 Å². The maximum absolute atomic E-state index is 12.5. The molecule has 0 spiro atoms. The van der Waals surface area contributed by atoms with Gasteiger partial charge in [0.1, 0.15) is 0 Å². The predicted molar refractivity (Wildman–Crippen MR) is 129 cm³/mol. The highest BCUT2D eigenvalue weighted by Gasteiger charge is 2.47. The van der Waals surface area contributed by atoms with Crippen LogP contribution in [0.15, 0.2) is 42.5 Å². The molecule has 0 unspecified atom stereocenters. The molecule has 2 saturated heterocycles. The van der Waals surface area contributed by atoms with Gasteiger partial charge in [0.15, 0.2) is 0 Å². The molecule has 31 heavy (non-hydrogen) atoms. The lowest BCUT2D eigenvalue weighted by atomic mass is 9.78. The Hall–Kier alpha value is -1.30. The number of amides is 1. The first-order valence-corrected chi connectivity index (χ1v) is 13.0. The summed E-state index contributed by atoms with van der Waals surface area (Å²) in [5.41, 5.74) is 3.20. The van der Waals surface area contributed by atoms with E-state index in [9.17, 15) is 4.79 Å². The van der Waals surface area contributed by atoms with Gasteiger partial charge < -0.3 is 4.74 Å². The fourth-order valence-electron chi connectivity index (χ4n) is 4.62. The highest BCUT2D eigenvalue weighted by Crippen LogP contribution is 2.46. The van der Waals surface area contributed by atoms with Crippen LogP contribution in [0.4, 0.5) is 0 Å². The molecule has 0 radical (unpaired) electrons. The van der Waals surface area contributed by atoms with Crippen molar-refractivity contribution in [1.29, 1.82) is 0 Å². The number of hydroxylamine groups is 1. The lowest BCUT2D eigenvalue weighted by Crippen LogP contribution is -2.36. The Labute approximate surface area is 192 Å². The molecule has 2 aliphatic rings. The molecule has 0 saturated carbocycles. The highest BCUT2D eigenvalue weighted by molar-refractivity contribution is 7.99. The molecule has 2 aliphatic heterocycles. The lowest BCUT2D eigenvalue weighted by Gasteiger charge is -2.27. The van der Waals surface area contributed by atoms with Crippen LogP contribution in [-0.2, 0) is 21.0 Å². The molecule has 2 heterocycles. The molecule has 2 bridgehead atoms. The molecule has 3 rings (SSSR count). The van der Waals surface area contributed by atoms with E-state index in [0.717, 1.165) is 24.8 Å². The normalized spacial score (nSPS) is 25.4. The number of nitrogens with one attached hydrogen (secondary N) is 1. The summed E-state index contributed by atoms with van der Waals surface area (Å²) in [5, 5.41) is 0. The number of carbonyl (C=O) groups excluding carboxylic acids is 1. The van der Waals surface area contributed by atoms with E-state index in [0.29, 0.717) is 30.7 Å². The first kappa shape index (κ1) is 24.3. The minimum absolute atomic E-state index is 0.0636. The highest BCUT2D eigenvalue weighted by atomic mass is 32.2. The molecular weight excluding hydrogens is 406 g/mol. The summed E-state index contributed by atoms with van der Waals surface area (Å²) >= 11 is 2.09. The van der Waals surface area contributed by atoms with Crippen molar-refractivity contribution in [2.45, 2.75) is 78.1 Å². The van der Waals surface area contributed by atoms with E-state index in [1.807, 2.05) is 44.2 Å². The third-order valence-electron chi connectivity index (χ3n) is 6.62. The van der Waals surface area contributed by atoms with Gasteiger partial charge in [0.05, 0.1) is 18.8 Å². The Morgan fingerprint density at radius 3 is 2.68 bits per heavy atom. The first-order chi connectivity index (χ1) is 15.0. The number of carbonyl (C=O) groups is 1. The molecule has 4 nitrogen and oxygen atoms in total. The summed E-state index contributed by atoms with van der Waals surface area (Å²) in [7, 11) is 0. The lowest BCUT2D eigenvalue weighted by molar-refractivity contribution is -0.143. The Morgan fingerprint density at radius 1 is 1.19 bits per heavy atom. The van der Waals surface area contributed by atoms with E-state index in [1.54, 1.807) is 0 Å². The Balaban J connectivity index is 1.36. The van der Waals surface area contributed by atoms with E-state index < -0.39 is 5.41 Å². The minimum atomic E-state index is -0.462. The molecule has 1 aromatic carbocycles. The van der Waals surface area contributed by atoms with E-state index in [1.165, 1.54) is 30.8 Å². The summed E-state index contributed by atoms with van der Waals surface area (Å²) in [6, 6.07) is 9.86. The molecule has 1 aromatic rings. The summed E-state index contributed by atoms with van der Waals surface area (Å²) in [5.74, 6) is 3.81. The van der Waals surface area contributed by atoms with Crippen LogP contribution < -0.4 is 5.48 Å². The van der Waals surface area contributed by atoms with Crippen LogP contribution in [0.25, 0.3) is 0 Å². The average molecular weight is 446 g/mol. The molecular formula is C26H39NO3S. The van der Waals surface area contributed by atoms with Gasteiger partial charge in [-0.2, -0.15) is 11.8 Å². The summed E-state index contributed by atoms with van der Waals surface area (Å²) in [4.78, 5) is 17.9. The second-order valence-corrected chi connectivity index (χ2v) is 10.7. The zero-order chi connectivity index (χ0) is 22.1. The monoisotopic (exact) mass is 445 g/mol. The van der Waals surface area contributed by atoms with E-state index in [-0.39, 0.29) is 5.91 Å². The molecule has 0 aliphatic carbocycles. The minimum Gasteiger partial charge on any atom is -0.374 e. The van der Waals surface area contributed by atoms with Crippen LogP contribution in [-0.4, -0.2) is 29.6 Å². The topological polar surface area (TPSA) is 47.6 Å². The van der Waals surface area contributed by atoms with Gasteiger partial charge >= 0.3 is 0 Å². The predicted octanol–water partition coefficient (Wildman–Crippen LogP) is 5.92. The molecule has 1 amide bonds. The molecule has 2 fully saturated rings. The van der Waals surface area contributed by atoms with Crippen molar-refractivity contribution >= 4 is 17.7 Å². The van der Waals surface area contributed by atoms with Crippen molar-refractivity contribution in [3.63, 3.8) is 0 Å². The van der Waals surface area contributed by atoms with Gasteiger partial charge in [0.25, 0.3) is 0 Å². The quantitative estimate of drug-likeness (QED) is 0.232. The maximum atomic E-state index is 12.5. The molecule has 0 aromatic heterocycles. The van der Waals surface area contributed by atoms with E-state index in [2.05, 4.69) is 36.3 Å². The second kappa shape index (κ2) is 12.1.